The predicted octanol–water partition coefficient (Wildman–Crippen LogP) is 0.495. The standard InChI is InChI=1S/C12H19N5O2S/c1-2-15-12-16-9(13)8(20-12)11(19)17-5-3-7(4-6-17)10(14)18/h7H,2-6,13H2,1H3,(H2,14,18)(H,15,16). The van der Waals surface area contributed by atoms with E-state index in [4.69, 9.17) is 11.5 Å². The largest absolute Gasteiger partial charge is 0.382 e. The molecule has 0 bridgehead atoms. The molecule has 2 rings (SSSR count). The van der Waals surface area contributed by atoms with Crippen molar-refractivity contribution >= 4 is 34.1 Å². The summed E-state index contributed by atoms with van der Waals surface area (Å²) in [6, 6.07) is 0. The van der Waals surface area contributed by atoms with Crippen molar-refractivity contribution in [1.29, 1.82) is 0 Å². The third-order valence-electron chi connectivity index (χ3n) is 3.36. The highest BCUT2D eigenvalue weighted by Gasteiger charge is 2.28. The van der Waals surface area contributed by atoms with Crippen molar-refractivity contribution in [3.63, 3.8) is 0 Å². The summed E-state index contributed by atoms with van der Waals surface area (Å²) >= 11 is 1.26. The van der Waals surface area contributed by atoms with Gasteiger partial charge in [-0.2, -0.15) is 0 Å². The van der Waals surface area contributed by atoms with Crippen molar-refractivity contribution in [2.45, 2.75) is 19.8 Å². The number of carbonyl (C=O) groups excluding carboxylic acids is 2. The average molecular weight is 297 g/mol. The first-order valence-electron chi connectivity index (χ1n) is 6.61. The number of nitrogens with one attached hydrogen (secondary N) is 1. The summed E-state index contributed by atoms with van der Waals surface area (Å²) in [5.41, 5.74) is 11.1. The van der Waals surface area contributed by atoms with Gasteiger partial charge in [-0.05, 0) is 19.8 Å². The fraction of sp³-hybridized carbons (Fsp3) is 0.583. The number of primary amides is 1. The van der Waals surface area contributed by atoms with Crippen LogP contribution in [0.25, 0.3) is 0 Å². The molecule has 1 aromatic heterocycles. The topological polar surface area (TPSA) is 114 Å². The SMILES string of the molecule is CCNc1nc(N)c(C(=O)N2CCC(C(N)=O)CC2)s1. The lowest BCUT2D eigenvalue weighted by Crippen LogP contribution is -2.41. The maximum absolute atomic E-state index is 12.4. The molecule has 0 atom stereocenters. The number of nitrogens with two attached hydrogens (primary N) is 2. The number of piperidine rings is 1. The second-order valence-electron chi connectivity index (χ2n) is 4.73. The van der Waals surface area contributed by atoms with Crippen LogP contribution in [0.2, 0.25) is 0 Å². The van der Waals surface area contributed by atoms with Gasteiger partial charge in [-0.15, -0.1) is 0 Å². The van der Waals surface area contributed by atoms with E-state index in [0.29, 0.717) is 35.9 Å². The van der Waals surface area contributed by atoms with Gasteiger partial charge in [0.15, 0.2) is 5.13 Å². The molecule has 1 fully saturated rings. The van der Waals surface area contributed by atoms with Crippen LogP contribution in [0.4, 0.5) is 10.9 Å². The van der Waals surface area contributed by atoms with Crippen molar-refractivity contribution in [3.05, 3.63) is 4.88 Å². The summed E-state index contributed by atoms with van der Waals surface area (Å²) in [5, 5.41) is 3.70. The molecule has 1 aromatic rings. The molecule has 1 aliphatic heterocycles. The van der Waals surface area contributed by atoms with Crippen LogP contribution in [0, 0.1) is 5.92 Å². The normalized spacial score (nSPS) is 16.1. The average Bonchev–Trinajstić information content (AvgIpc) is 2.79. The van der Waals surface area contributed by atoms with Gasteiger partial charge >= 0.3 is 0 Å². The number of aromatic nitrogens is 1. The number of nitrogen functional groups attached to an aromatic ring is 1. The van der Waals surface area contributed by atoms with Gasteiger partial charge in [0, 0.05) is 25.6 Å². The number of likely N-dealkylation sites (tertiary alicyclic amines) is 1. The Balaban J connectivity index is 2.03. The van der Waals surface area contributed by atoms with Gasteiger partial charge in [-0.25, -0.2) is 4.98 Å². The lowest BCUT2D eigenvalue weighted by Gasteiger charge is -2.30. The van der Waals surface area contributed by atoms with Crippen molar-refractivity contribution < 1.29 is 9.59 Å². The van der Waals surface area contributed by atoms with Gasteiger partial charge in [0.1, 0.15) is 10.7 Å². The highest BCUT2D eigenvalue weighted by molar-refractivity contribution is 7.18. The molecule has 1 aliphatic rings. The number of anilines is 2. The monoisotopic (exact) mass is 297 g/mol. The van der Waals surface area contributed by atoms with Crippen molar-refractivity contribution in [2.75, 3.05) is 30.7 Å². The lowest BCUT2D eigenvalue weighted by molar-refractivity contribution is -0.123. The van der Waals surface area contributed by atoms with Crippen molar-refractivity contribution in [2.24, 2.45) is 11.7 Å². The van der Waals surface area contributed by atoms with Crippen LogP contribution < -0.4 is 16.8 Å². The minimum absolute atomic E-state index is 0.118. The Morgan fingerprint density at radius 2 is 2.10 bits per heavy atom. The first kappa shape index (κ1) is 14.6. The van der Waals surface area contributed by atoms with Crippen LogP contribution in [0.15, 0.2) is 0 Å². The Kier molecular flexibility index (Phi) is 4.43. The maximum Gasteiger partial charge on any atom is 0.267 e. The molecule has 0 spiro atoms. The van der Waals surface area contributed by atoms with Gasteiger partial charge in [0.2, 0.25) is 5.91 Å². The molecule has 20 heavy (non-hydrogen) atoms. The summed E-state index contributed by atoms with van der Waals surface area (Å²) in [4.78, 5) is 29.8. The van der Waals surface area contributed by atoms with Crippen LogP contribution in [0.3, 0.4) is 0 Å². The van der Waals surface area contributed by atoms with Crippen LogP contribution in [0.5, 0.6) is 0 Å². The summed E-state index contributed by atoms with van der Waals surface area (Å²) in [5.74, 6) is -0.279. The van der Waals surface area contributed by atoms with E-state index in [-0.39, 0.29) is 23.6 Å². The molecule has 0 aliphatic carbocycles. The molecule has 0 aromatic carbocycles. The van der Waals surface area contributed by atoms with Crippen LogP contribution in [-0.2, 0) is 4.79 Å². The summed E-state index contributed by atoms with van der Waals surface area (Å²) < 4.78 is 0. The third kappa shape index (κ3) is 3.01. The second kappa shape index (κ2) is 6.08. The van der Waals surface area contributed by atoms with Gasteiger partial charge in [0.25, 0.3) is 5.91 Å². The molecule has 0 saturated carbocycles. The minimum atomic E-state index is -0.288. The Morgan fingerprint density at radius 3 is 2.65 bits per heavy atom. The number of carbonyl (C=O) groups is 2. The zero-order chi connectivity index (χ0) is 14.7. The van der Waals surface area contributed by atoms with E-state index in [1.807, 2.05) is 6.92 Å². The molecule has 8 heteroatoms. The Hall–Kier alpha value is -1.83. The lowest BCUT2D eigenvalue weighted by atomic mass is 9.96. The van der Waals surface area contributed by atoms with Crippen LogP contribution in [0.1, 0.15) is 29.4 Å². The highest BCUT2D eigenvalue weighted by Crippen LogP contribution is 2.28. The van der Waals surface area contributed by atoms with Crippen molar-refractivity contribution in [3.8, 4) is 0 Å². The molecular formula is C12H19N5O2S. The molecule has 2 amide bonds. The first-order chi connectivity index (χ1) is 9.52. The molecule has 5 N–H and O–H groups in total. The quantitative estimate of drug-likeness (QED) is 0.748. The smallest absolute Gasteiger partial charge is 0.267 e. The Labute approximate surface area is 121 Å². The third-order valence-corrected chi connectivity index (χ3v) is 4.38. The molecule has 110 valence electrons. The molecule has 1 saturated heterocycles. The van der Waals surface area contributed by atoms with Crippen molar-refractivity contribution in [1.82, 2.24) is 9.88 Å². The van der Waals surface area contributed by atoms with Gasteiger partial charge < -0.3 is 21.7 Å². The van der Waals surface area contributed by atoms with E-state index >= 15 is 0 Å². The molecule has 7 nitrogen and oxygen atoms in total. The van der Waals surface area contributed by atoms with E-state index in [1.165, 1.54) is 11.3 Å². The van der Waals surface area contributed by atoms with E-state index in [0.717, 1.165) is 6.54 Å². The summed E-state index contributed by atoms with van der Waals surface area (Å²) in [6.07, 6.45) is 1.22. The number of hydrogen-bond donors (Lipinski definition) is 3. The summed E-state index contributed by atoms with van der Waals surface area (Å²) in [6.45, 7) is 3.74. The summed E-state index contributed by atoms with van der Waals surface area (Å²) in [7, 11) is 0. The number of nitrogens with zero attached hydrogens (tertiary/aromatic N) is 2. The van der Waals surface area contributed by atoms with Crippen LogP contribution >= 0.6 is 11.3 Å². The fourth-order valence-electron chi connectivity index (χ4n) is 2.22. The molecule has 0 unspecified atom stereocenters. The maximum atomic E-state index is 12.4. The fourth-order valence-corrected chi connectivity index (χ4v) is 3.14. The number of amides is 2. The molecular weight excluding hydrogens is 278 g/mol. The molecule has 0 radical (unpaired) electrons. The second-order valence-corrected chi connectivity index (χ2v) is 5.73. The Bertz CT molecular complexity index is 508. The molecule has 2 heterocycles. The van der Waals surface area contributed by atoms with Gasteiger partial charge in [0.05, 0.1) is 0 Å². The van der Waals surface area contributed by atoms with E-state index in [1.54, 1.807) is 4.90 Å². The van der Waals surface area contributed by atoms with Crippen LogP contribution in [-0.4, -0.2) is 41.3 Å². The van der Waals surface area contributed by atoms with Gasteiger partial charge in [-0.3, -0.25) is 9.59 Å². The number of rotatable bonds is 4. The minimum Gasteiger partial charge on any atom is -0.382 e. The zero-order valence-corrected chi connectivity index (χ0v) is 12.2. The Morgan fingerprint density at radius 1 is 1.45 bits per heavy atom. The predicted molar refractivity (Wildman–Crippen MR) is 78.5 cm³/mol. The zero-order valence-electron chi connectivity index (χ0n) is 11.4. The van der Waals surface area contributed by atoms with Gasteiger partial charge in [-0.1, -0.05) is 11.3 Å². The number of hydrogen-bond acceptors (Lipinski definition) is 6. The first-order valence-corrected chi connectivity index (χ1v) is 7.43. The van der Waals surface area contributed by atoms with E-state index < -0.39 is 0 Å². The highest BCUT2D eigenvalue weighted by atomic mass is 32.1. The van der Waals surface area contributed by atoms with E-state index in [2.05, 4.69) is 10.3 Å². The van der Waals surface area contributed by atoms with E-state index in [9.17, 15) is 9.59 Å². The number of thiazole rings is 1.